The molecule has 0 saturated carbocycles. The first-order valence-electron chi connectivity index (χ1n) is 9.26. The molecule has 0 spiro atoms. The van der Waals surface area contributed by atoms with E-state index in [1.165, 1.54) is 6.92 Å². The van der Waals surface area contributed by atoms with E-state index >= 15 is 0 Å². The Morgan fingerprint density at radius 3 is 1.97 bits per heavy atom. The number of anilines is 2. The summed E-state index contributed by atoms with van der Waals surface area (Å²) in [5.41, 5.74) is 2.22. The Morgan fingerprint density at radius 2 is 1.41 bits per heavy atom. The van der Waals surface area contributed by atoms with Gasteiger partial charge < -0.3 is 16.0 Å². The maximum atomic E-state index is 12.3. The highest BCUT2D eigenvalue weighted by atomic mass is 35.5. The van der Waals surface area contributed by atoms with Crippen molar-refractivity contribution in [3.8, 4) is 0 Å². The van der Waals surface area contributed by atoms with Crippen molar-refractivity contribution >= 4 is 40.7 Å². The molecule has 0 bridgehead atoms. The highest BCUT2D eigenvalue weighted by Crippen LogP contribution is 2.13. The van der Waals surface area contributed by atoms with E-state index in [2.05, 4.69) is 16.0 Å². The fraction of sp³-hybridized carbons (Fsp3) is 0.286. The van der Waals surface area contributed by atoms with Crippen LogP contribution in [0.15, 0.2) is 48.5 Å². The van der Waals surface area contributed by atoms with E-state index in [1.807, 2.05) is 19.1 Å². The summed E-state index contributed by atoms with van der Waals surface area (Å²) in [6.45, 7) is 4.50. The fourth-order valence-electron chi connectivity index (χ4n) is 2.59. The van der Waals surface area contributed by atoms with Crippen molar-refractivity contribution in [1.82, 2.24) is 10.2 Å². The summed E-state index contributed by atoms with van der Waals surface area (Å²) < 4.78 is 0. The molecule has 0 aliphatic heterocycles. The van der Waals surface area contributed by atoms with Crippen molar-refractivity contribution in [2.24, 2.45) is 0 Å². The smallest absolute Gasteiger partial charge is 0.238 e. The molecule has 3 amide bonds. The average molecular weight is 417 g/mol. The lowest BCUT2D eigenvalue weighted by atomic mass is 10.2. The molecule has 8 heteroatoms. The third-order valence-corrected chi connectivity index (χ3v) is 4.33. The van der Waals surface area contributed by atoms with E-state index in [9.17, 15) is 14.4 Å². The SMILES string of the molecule is CCN(CC(=O)NCc1ccc(Cl)cc1)CC(=O)Nc1ccc(NC(C)=O)cc1. The Morgan fingerprint density at radius 1 is 0.862 bits per heavy atom. The van der Waals surface area contributed by atoms with Crippen molar-refractivity contribution in [1.29, 1.82) is 0 Å². The van der Waals surface area contributed by atoms with Crippen LogP contribution in [0.5, 0.6) is 0 Å². The highest BCUT2D eigenvalue weighted by Gasteiger charge is 2.13. The minimum atomic E-state index is -0.218. The van der Waals surface area contributed by atoms with Crippen molar-refractivity contribution in [2.75, 3.05) is 30.3 Å². The minimum absolute atomic E-state index is 0.0955. The molecule has 3 N–H and O–H groups in total. The van der Waals surface area contributed by atoms with Gasteiger partial charge in [0.15, 0.2) is 0 Å². The van der Waals surface area contributed by atoms with E-state index in [0.29, 0.717) is 29.5 Å². The molecule has 7 nitrogen and oxygen atoms in total. The molecular formula is C21H25ClN4O3. The second-order valence-corrected chi connectivity index (χ2v) is 6.95. The summed E-state index contributed by atoms with van der Waals surface area (Å²) in [5.74, 6) is -0.534. The molecule has 154 valence electrons. The normalized spacial score (nSPS) is 10.5. The standard InChI is InChI=1S/C21H25ClN4O3/c1-3-26(13-20(28)23-12-16-4-6-17(22)7-5-16)14-21(29)25-19-10-8-18(9-11-19)24-15(2)27/h4-11H,3,12-14H2,1-2H3,(H,23,28)(H,24,27)(H,25,29). The molecule has 2 aromatic carbocycles. The van der Waals surface area contributed by atoms with Gasteiger partial charge >= 0.3 is 0 Å². The quantitative estimate of drug-likeness (QED) is 0.586. The van der Waals surface area contributed by atoms with Gasteiger partial charge in [-0.2, -0.15) is 0 Å². The minimum Gasteiger partial charge on any atom is -0.351 e. The van der Waals surface area contributed by atoms with Gasteiger partial charge in [-0.05, 0) is 48.5 Å². The number of hydrogen-bond donors (Lipinski definition) is 3. The van der Waals surface area contributed by atoms with E-state index in [0.717, 1.165) is 5.56 Å². The zero-order valence-corrected chi connectivity index (χ0v) is 17.3. The summed E-state index contributed by atoms with van der Waals surface area (Å²) in [7, 11) is 0. The van der Waals surface area contributed by atoms with Crippen LogP contribution in [0.3, 0.4) is 0 Å². The zero-order chi connectivity index (χ0) is 21.2. The molecule has 2 rings (SSSR count). The van der Waals surface area contributed by atoms with Crippen molar-refractivity contribution in [3.63, 3.8) is 0 Å². The molecule has 0 aromatic heterocycles. The summed E-state index contributed by atoms with van der Waals surface area (Å²) in [4.78, 5) is 37.2. The third kappa shape index (κ3) is 8.33. The Labute approximate surface area is 175 Å². The van der Waals surface area contributed by atoms with Crippen LogP contribution >= 0.6 is 11.6 Å². The Kier molecular flexibility index (Phi) is 8.64. The monoisotopic (exact) mass is 416 g/mol. The average Bonchev–Trinajstić information content (AvgIpc) is 2.68. The van der Waals surface area contributed by atoms with Crippen LogP contribution in [0, 0.1) is 0 Å². The predicted molar refractivity (Wildman–Crippen MR) is 115 cm³/mol. The van der Waals surface area contributed by atoms with Gasteiger partial charge in [-0.1, -0.05) is 30.7 Å². The van der Waals surface area contributed by atoms with Crippen LogP contribution in [0.1, 0.15) is 19.4 Å². The highest BCUT2D eigenvalue weighted by molar-refractivity contribution is 6.30. The second-order valence-electron chi connectivity index (χ2n) is 6.51. The number of halogens is 1. The van der Waals surface area contributed by atoms with Gasteiger partial charge in [0.2, 0.25) is 17.7 Å². The van der Waals surface area contributed by atoms with Crippen molar-refractivity contribution < 1.29 is 14.4 Å². The molecule has 0 fully saturated rings. The number of likely N-dealkylation sites (N-methyl/N-ethyl adjacent to an activating group) is 1. The molecule has 0 unspecified atom stereocenters. The molecule has 29 heavy (non-hydrogen) atoms. The Balaban J connectivity index is 1.78. The van der Waals surface area contributed by atoms with Crippen molar-refractivity contribution in [3.05, 3.63) is 59.1 Å². The Hall–Kier alpha value is -2.90. The predicted octanol–water partition coefficient (Wildman–Crippen LogP) is 2.88. The van der Waals surface area contributed by atoms with Crippen molar-refractivity contribution in [2.45, 2.75) is 20.4 Å². The molecule has 0 radical (unpaired) electrons. The molecule has 0 aliphatic carbocycles. The zero-order valence-electron chi connectivity index (χ0n) is 16.5. The van der Waals surface area contributed by atoms with E-state index in [4.69, 9.17) is 11.6 Å². The second kappa shape index (κ2) is 11.2. The number of hydrogen-bond acceptors (Lipinski definition) is 4. The largest absolute Gasteiger partial charge is 0.351 e. The number of nitrogens with one attached hydrogen (secondary N) is 3. The summed E-state index contributed by atoms with van der Waals surface area (Å²) in [5, 5.41) is 8.93. The molecule has 0 heterocycles. The maximum Gasteiger partial charge on any atom is 0.238 e. The van der Waals surface area contributed by atoms with E-state index < -0.39 is 0 Å². The lowest BCUT2D eigenvalue weighted by Crippen LogP contribution is -2.40. The summed E-state index contributed by atoms with van der Waals surface area (Å²) in [6, 6.07) is 14.1. The number of carbonyl (C=O) groups excluding carboxylic acids is 3. The Bertz CT molecular complexity index is 838. The first kappa shape index (κ1) is 22.4. The number of benzene rings is 2. The molecule has 2 aromatic rings. The van der Waals surface area contributed by atoms with Gasteiger partial charge in [0.25, 0.3) is 0 Å². The van der Waals surface area contributed by atoms with Gasteiger partial charge in [-0.3, -0.25) is 19.3 Å². The lowest BCUT2D eigenvalue weighted by Gasteiger charge is -2.19. The molecule has 0 atom stereocenters. The number of amides is 3. The lowest BCUT2D eigenvalue weighted by molar-refractivity contribution is -0.123. The van der Waals surface area contributed by atoms with E-state index in [-0.39, 0.29) is 30.8 Å². The summed E-state index contributed by atoms with van der Waals surface area (Å²) in [6.07, 6.45) is 0. The van der Waals surface area contributed by atoms with E-state index in [1.54, 1.807) is 41.3 Å². The van der Waals surface area contributed by atoms with Gasteiger partial charge in [-0.25, -0.2) is 0 Å². The van der Waals surface area contributed by atoms with Crippen LogP contribution in [-0.2, 0) is 20.9 Å². The number of rotatable bonds is 9. The summed E-state index contributed by atoms with van der Waals surface area (Å²) >= 11 is 5.85. The third-order valence-electron chi connectivity index (χ3n) is 4.07. The van der Waals surface area contributed by atoms with Gasteiger partial charge in [-0.15, -0.1) is 0 Å². The van der Waals surface area contributed by atoms with Crippen LogP contribution in [0.2, 0.25) is 5.02 Å². The van der Waals surface area contributed by atoms with Crippen LogP contribution in [0.4, 0.5) is 11.4 Å². The molecular weight excluding hydrogens is 392 g/mol. The topological polar surface area (TPSA) is 90.5 Å². The van der Waals surface area contributed by atoms with Gasteiger partial charge in [0, 0.05) is 29.9 Å². The first-order chi connectivity index (χ1) is 13.9. The first-order valence-corrected chi connectivity index (χ1v) is 9.64. The van der Waals surface area contributed by atoms with Gasteiger partial charge in [0.05, 0.1) is 13.1 Å². The molecule has 0 aliphatic rings. The van der Waals surface area contributed by atoms with Crippen LogP contribution in [-0.4, -0.2) is 42.3 Å². The van der Waals surface area contributed by atoms with Crippen LogP contribution in [0.25, 0.3) is 0 Å². The van der Waals surface area contributed by atoms with Crippen LogP contribution < -0.4 is 16.0 Å². The maximum absolute atomic E-state index is 12.3. The molecule has 0 saturated heterocycles. The fourth-order valence-corrected chi connectivity index (χ4v) is 2.71. The number of nitrogens with zero attached hydrogens (tertiary/aromatic N) is 1. The number of carbonyl (C=O) groups is 3. The van der Waals surface area contributed by atoms with Gasteiger partial charge in [0.1, 0.15) is 0 Å².